The van der Waals surface area contributed by atoms with E-state index in [-0.39, 0.29) is 24.0 Å². The quantitative estimate of drug-likeness (QED) is 0.338. The normalized spacial score (nSPS) is 18.0. The molecule has 0 atom stereocenters. The Morgan fingerprint density at radius 3 is 2.33 bits per heavy atom. The standard InChI is InChI=1S/C24H22F4N4O4/c25-17-10-16(24(26,27)28)11-19(12-17)30-23-32-31-22(36-23)21(35)29-18-7-5-15(6-8-18)14-3-1-13(2-4-14)9-20(33)34/h5-8,10-14H,1-4,9H2,(H,29,35)(H,30,32)(H,33,34). The SMILES string of the molecule is O=C(O)CC1CCC(c2ccc(NC(=O)c3nnc(Nc4cc(F)cc(C(F)(F)F)c4)o3)cc2)CC1. The highest BCUT2D eigenvalue weighted by molar-refractivity contribution is 6.00. The summed E-state index contributed by atoms with van der Waals surface area (Å²) in [6, 6.07) is 8.68. The molecular formula is C24H22F4N4O4. The predicted molar refractivity (Wildman–Crippen MR) is 120 cm³/mol. The van der Waals surface area contributed by atoms with Crippen molar-refractivity contribution in [1.82, 2.24) is 10.2 Å². The molecule has 190 valence electrons. The number of amides is 1. The Bertz CT molecular complexity index is 1240. The highest BCUT2D eigenvalue weighted by Gasteiger charge is 2.31. The summed E-state index contributed by atoms with van der Waals surface area (Å²) in [5, 5.41) is 21.0. The molecule has 1 aliphatic rings. The molecule has 1 fully saturated rings. The van der Waals surface area contributed by atoms with Gasteiger partial charge in [0.2, 0.25) is 0 Å². The van der Waals surface area contributed by atoms with Gasteiger partial charge < -0.3 is 20.2 Å². The predicted octanol–water partition coefficient (Wildman–Crippen LogP) is 5.97. The van der Waals surface area contributed by atoms with E-state index in [1.54, 1.807) is 12.1 Å². The van der Waals surface area contributed by atoms with E-state index in [0.717, 1.165) is 37.3 Å². The van der Waals surface area contributed by atoms with Gasteiger partial charge in [0.05, 0.1) is 5.56 Å². The van der Waals surface area contributed by atoms with E-state index >= 15 is 0 Å². The van der Waals surface area contributed by atoms with Crippen LogP contribution in [-0.2, 0) is 11.0 Å². The molecule has 1 saturated carbocycles. The van der Waals surface area contributed by atoms with Gasteiger partial charge in [0.1, 0.15) is 5.82 Å². The number of carbonyl (C=O) groups is 2. The van der Waals surface area contributed by atoms with Crippen LogP contribution in [0.1, 0.15) is 59.8 Å². The first-order valence-corrected chi connectivity index (χ1v) is 11.2. The molecule has 36 heavy (non-hydrogen) atoms. The van der Waals surface area contributed by atoms with E-state index in [1.165, 1.54) is 0 Å². The molecule has 4 rings (SSSR count). The van der Waals surface area contributed by atoms with E-state index in [9.17, 15) is 27.2 Å². The van der Waals surface area contributed by atoms with Crippen LogP contribution in [0.25, 0.3) is 0 Å². The molecule has 0 spiro atoms. The van der Waals surface area contributed by atoms with Gasteiger partial charge in [-0.3, -0.25) is 9.59 Å². The van der Waals surface area contributed by atoms with Crippen molar-refractivity contribution in [2.45, 2.75) is 44.2 Å². The number of hydrogen-bond donors (Lipinski definition) is 3. The molecule has 1 aliphatic carbocycles. The van der Waals surface area contributed by atoms with Crippen molar-refractivity contribution in [2.24, 2.45) is 5.92 Å². The van der Waals surface area contributed by atoms with Crippen molar-refractivity contribution in [2.75, 3.05) is 10.6 Å². The van der Waals surface area contributed by atoms with E-state index < -0.39 is 35.3 Å². The summed E-state index contributed by atoms with van der Waals surface area (Å²) in [6.45, 7) is 0. The fourth-order valence-electron chi connectivity index (χ4n) is 4.28. The van der Waals surface area contributed by atoms with E-state index in [0.29, 0.717) is 23.7 Å². The molecule has 3 aromatic rings. The molecular weight excluding hydrogens is 484 g/mol. The number of benzene rings is 2. The Kier molecular flexibility index (Phi) is 7.22. The molecule has 8 nitrogen and oxygen atoms in total. The Morgan fingerprint density at radius 1 is 1.00 bits per heavy atom. The van der Waals surface area contributed by atoms with Gasteiger partial charge in [-0.25, -0.2) is 4.39 Å². The number of halogens is 4. The molecule has 0 bridgehead atoms. The minimum Gasteiger partial charge on any atom is -0.481 e. The lowest BCUT2D eigenvalue weighted by Crippen LogP contribution is -2.16. The van der Waals surface area contributed by atoms with Gasteiger partial charge in [0.15, 0.2) is 0 Å². The van der Waals surface area contributed by atoms with Crippen LogP contribution in [0.15, 0.2) is 46.9 Å². The van der Waals surface area contributed by atoms with Gasteiger partial charge in [-0.05, 0) is 73.4 Å². The van der Waals surface area contributed by atoms with Crippen LogP contribution in [0.3, 0.4) is 0 Å². The monoisotopic (exact) mass is 506 g/mol. The lowest BCUT2D eigenvalue weighted by molar-refractivity contribution is -0.139. The van der Waals surface area contributed by atoms with Crippen molar-refractivity contribution in [3.63, 3.8) is 0 Å². The van der Waals surface area contributed by atoms with Crippen LogP contribution in [-0.4, -0.2) is 27.2 Å². The molecule has 0 saturated heterocycles. The summed E-state index contributed by atoms with van der Waals surface area (Å²) in [7, 11) is 0. The molecule has 0 radical (unpaired) electrons. The van der Waals surface area contributed by atoms with Crippen LogP contribution in [0, 0.1) is 11.7 Å². The number of anilines is 3. The van der Waals surface area contributed by atoms with Crippen LogP contribution >= 0.6 is 0 Å². The molecule has 1 amide bonds. The first-order chi connectivity index (χ1) is 17.1. The first kappa shape index (κ1) is 25.1. The Morgan fingerprint density at radius 2 is 1.69 bits per heavy atom. The summed E-state index contributed by atoms with van der Waals surface area (Å²) in [4.78, 5) is 23.3. The molecule has 12 heteroatoms. The zero-order valence-corrected chi connectivity index (χ0v) is 18.8. The van der Waals surface area contributed by atoms with Crippen molar-refractivity contribution < 1.29 is 36.7 Å². The number of aliphatic carboxylic acids is 1. The number of rotatable bonds is 7. The highest BCUT2D eigenvalue weighted by Crippen LogP contribution is 2.37. The average molecular weight is 506 g/mol. The summed E-state index contributed by atoms with van der Waals surface area (Å²) < 4.78 is 57.3. The van der Waals surface area contributed by atoms with Gasteiger partial charge in [-0.15, -0.1) is 5.10 Å². The first-order valence-electron chi connectivity index (χ1n) is 11.2. The maximum atomic E-state index is 13.6. The lowest BCUT2D eigenvalue weighted by atomic mass is 9.77. The number of nitrogens with zero attached hydrogens (tertiary/aromatic N) is 2. The molecule has 1 aromatic heterocycles. The molecule has 1 heterocycles. The number of hydrogen-bond acceptors (Lipinski definition) is 6. The Balaban J connectivity index is 1.34. The third kappa shape index (κ3) is 6.37. The molecule has 2 aromatic carbocycles. The molecule has 0 aliphatic heterocycles. The lowest BCUT2D eigenvalue weighted by Gasteiger charge is -2.28. The number of carboxylic acids is 1. The second kappa shape index (κ2) is 10.3. The number of nitrogens with one attached hydrogen (secondary N) is 2. The highest BCUT2D eigenvalue weighted by atomic mass is 19.4. The summed E-state index contributed by atoms with van der Waals surface area (Å²) in [6.07, 6.45) is -1.03. The zero-order chi connectivity index (χ0) is 25.9. The van der Waals surface area contributed by atoms with Crippen molar-refractivity contribution in [3.05, 3.63) is 65.3 Å². The zero-order valence-electron chi connectivity index (χ0n) is 18.8. The van der Waals surface area contributed by atoms with Crippen LogP contribution in [0.5, 0.6) is 0 Å². The third-order valence-electron chi connectivity index (χ3n) is 6.05. The second-order valence-electron chi connectivity index (χ2n) is 8.66. The fraction of sp³-hybridized carbons (Fsp3) is 0.333. The largest absolute Gasteiger partial charge is 0.481 e. The average Bonchev–Trinajstić information content (AvgIpc) is 3.27. The summed E-state index contributed by atoms with van der Waals surface area (Å²) in [5.41, 5.74) is 0.0973. The Labute approximate surface area is 202 Å². The smallest absolute Gasteiger partial charge is 0.416 e. The van der Waals surface area contributed by atoms with Crippen LogP contribution in [0.2, 0.25) is 0 Å². The number of aromatic nitrogens is 2. The molecule has 3 N–H and O–H groups in total. The van der Waals surface area contributed by atoms with Crippen LogP contribution < -0.4 is 10.6 Å². The minimum absolute atomic E-state index is 0.196. The van der Waals surface area contributed by atoms with E-state index in [2.05, 4.69) is 20.8 Å². The minimum atomic E-state index is -4.74. The van der Waals surface area contributed by atoms with Gasteiger partial charge in [0, 0.05) is 17.8 Å². The van der Waals surface area contributed by atoms with Gasteiger partial charge in [0.25, 0.3) is 0 Å². The third-order valence-corrected chi connectivity index (χ3v) is 6.05. The van der Waals surface area contributed by atoms with Crippen LogP contribution in [0.4, 0.5) is 35.0 Å². The maximum Gasteiger partial charge on any atom is 0.416 e. The number of alkyl halides is 3. The van der Waals surface area contributed by atoms with Gasteiger partial charge in [-0.1, -0.05) is 17.2 Å². The summed E-state index contributed by atoms with van der Waals surface area (Å²) in [5.74, 6) is -2.52. The second-order valence-corrected chi connectivity index (χ2v) is 8.66. The van der Waals surface area contributed by atoms with E-state index in [1.807, 2.05) is 12.1 Å². The van der Waals surface area contributed by atoms with Crippen molar-refractivity contribution >= 4 is 29.3 Å². The number of carboxylic acid groups (broad SMARTS) is 1. The van der Waals surface area contributed by atoms with Crippen molar-refractivity contribution in [1.29, 1.82) is 0 Å². The summed E-state index contributed by atoms with van der Waals surface area (Å²) >= 11 is 0. The van der Waals surface area contributed by atoms with Crippen molar-refractivity contribution in [3.8, 4) is 0 Å². The number of carbonyl (C=O) groups excluding carboxylic acids is 1. The Hall–Kier alpha value is -3.96. The molecule has 0 unspecified atom stereocenters. The van der Waals surface area contributed by atoms with E-state index in [4.69, 9.17) is 9.52 Å². The van der Waals surface area contributed by atoms with Gasteiger partial charge in [-0.2, -0.15) is 13.2 Å². The topological polar surface area (TPSA) is 117 Å². The van der Waals surface area contributed by atoms with Gasteiger partial charge >= 0.3 is 30.0 Å². The fourth-order valence-corrected chi connectivity index (χ4v) is 4.28. The maximum absolute atomic E-state index is 13.6.